The summed E-state index contributed by atoms with van der Waals surface area (Å²) in [6, 6.07) is 2.11. The molecule has 2 heterocycles. The maximum absolute atomic E-state index is 12.3. The summed E-state index contributed by atoms with van der Waals surface area (Å²) in [7, 11) is 0. The molecule has 2 aromatic rings. The first-order valence-corrected chi connectivity index (χ1v) is 8.62. The number of carbonyl (C=O) groups excluding carboxylic acids is 1. The summed E-state index contributed by atoms with van der Waals surface area (Å²) in [5.74, 6) is 0.0189. The van der Waals surface area contributed by atoms with E-state index in [9.17, 15) is 4.79 Å². The largest absolute Gasteiger partial charge is 0.352 e. The Morgan fingerprint density at radius 1 is 1.45 bits per heavy atom. The lowest BCUT2D eigenvalue weighted by Crippen LogP contribution is -2.40. The molecule has 0 bridgehead atoms. The van der Waals surface area contributed by atoms with E-state index >= 15 is 0 Å². The first kappa shape index (κ1) is 16.7. The second-order valence-electron chi connectivity index (χ2n) is 5.22. The maximum atomic E-state index is 12.3. The van der Waals surface area contributed by atoms with Crippen LogP contribution in [0.15, 0.2) is 35.5 Å². The molecule has 0 radical (unpaired) electrons. The highest BCUT2D eigenvalue weighted by molar-refractivity contribution is 7.07. The molecule has 6 heteroatoms. The molecule has 0 aliphatic heterocycles. The lowest BCUT2D eigenvalue weighted by molar-refractivity contribution is -0.124. The van der Waals surface area contributed by atoms with Gasteiger partial charge < -0.3 is 9.88 Å². The van der Waals surface area contributed by atoms with Gasteiger partial charge in [-0.3, -0.25) is 9.69 Å². The summed E-state index contributed by atoms with van der Waals surface area (Å²) in [5.41, 5.74) is 1.27. The summed E-state index contributed by atoms with van der Waals surface area (Å²) in [4.78, 5) is 18.7. The molecule has 22 heavy (non-hydrogen) atoms. The van der Waals surface area contributed by atoms with Crippen LogP contribution >= 0.6 is 11.3 Å². The third-order valence-corrected chi connectivity index (χ3v) is 4.70. The van der Waals surface area contributed by atoms with Crippen molar-refractivity contribution >= 4 is 17.2 Å². The summed E-state index contributed by atoms with van der Waals surface area (Å²) in [6.45, 7) is 8.73. The van der Waals surface area contributed by atoms with E-state index < -0.39 is 0 Å². The van der Waals surface area contributed by atoms with Crippen LogP contribution in [0, 0.1) is 0 Å². The minimum atomic E-state index is -0.248. The quantitative estimate of drug-likeness (QED) is 0.813. The molecule has 0 saturated carbocycles. The zero-order chi connectivity index (χ0) is 15.9. The Labute approximate surface area is 136 Å². The van der Waals surface area contributed by atoms with Gasteiger partial charge in [-0.2, -0.15) is 11.3 Å². The van der Waals surface area contributed by atoms with Gasteiger partial charge in [0.25, 0.3) is 0 Å². The highest BCUT2D eigenvalue weighted by Crippen LogP contribution is 2.22. The van der Waals surface area contributed by atoms with Crippen molar-refractivity contribution in [3.8, 4) is 0 Å². The van der Waals surface area contributed by atoms with Crippen LogP contribution in [0.2, 0.25) is 0 Å². The summed E-state index contributed by atoms with van der Waals surface area (Å²) >= 11 is 1.69. The van der Waals surface area contributed by atoms with Crippen molar-refractivity contribution in [3.05, 3.63) is 41.1 Å². The average molecular weight is 320 g/mol. The second-order valence-corrected chi connectivity index (χ2v) is 6.00. The first-order valence-electron chi connectivity index (χ1n) is 7.68. The Bertz CT molecular complexity index is 549. The number of imidazole rings is 1. The molecule has 5 nitrogen and oxygen atoms in total. The number of thiophene rings is 1. The fourth-order valence-corrected chi connectivity index (χ4v) is 3.27. The van der Waals surface area contributed by atoms with Crippen molar-refractivity contribution in [2.75, 3.05) is 19.6 Å². The van der Waals surface area contributed by atoms with E-state index in [1.54, 1.807) is 23.9 Å². The van der Waals surface area contributed by atoms with Gasteiger partial charge in [0.2, 0.25) is 5.91 Å². The first-order chi connectivity index (χ1) is 10.7. The number of likely N-dealkylation sites (N-methyl/N-ethyl adjacent to an activating group) is 1. The van der Waals surface area contributed by atoms with E-state index in [1.165, 1.54) is 5.56 Å². The molecule has 2 unspecified atom stereocenters. The summed E-state index contributed by atoms with van der Waals surface area (Å²) in [5, 5.41) is 7.33. The number of amides is 1. The van der Waals surface area contributed by atoms with Crippen LogP contribution in [-0.2, 0) is 4.79 Å². The highest BCUT2D eigenvalue weighted by atomic mass is 32.1. The monoisotopic (exact) mass is 320 g/mol. The summed E-state index contributed by atoms with van der Waals surface area (Å²) in [6.07, 6.45) is 5.17. The molecule has 0 aliphatic rings. The average Bonchev–Trinajstić information content (AvgIpc) is 3.23. The predicted molar refractivity (Wildman–Crippen MR) is 89.9 cm³/mol. The molecule has 120 valence electrons. The van der Waals surface area contributed by atoms with E-state index in [-0.39, 0.29) is 18.0 Å². The molecule has 2 rings (SSSR count). The zero-order valence-electron chi connectivity index (χ0n) is 13.4. The number of nitrogens with one attached hydrogen (secondary N) is 1. The van der Waals surface area contributed by atoms with E-state index in [4.69, 9.17) is 0 Å². The number of hydrogen-bond donors (Lipinski definition) is 1. The smallest absolute Gasteiger partial charge is 0.242 e. The summed E-state index contributed by atoms with van der Waals surface area (Å²) < 4.78 is 1.81. The molecule has 0 fully saturated rings. The molecule has 1 N–H and O–H groups in total. The van der Waals surface area contributed by atoms with Crippen LogP contribution < -0.4 is 5.32 Å². The van der Waals surface area contributed by atoms with Gasteiger partial charge in [-0.15, -0.1) is 0 Å². The van der Waals surface area contributed by atoms with Crippen LogP contribution in [0.3, 0.4) is 0 Å². The molecule has 1 amide bonds. The number of carbonyl (C=O) groups is 1. The third kappa shape index (κ3) is 3.96. The SMILES string of the molecule is CCN(CC)C(CNC(=O)C(C)n1ccnc1)c1ccsc1. The van der Waals surface area contributed by atoms with Crippen molar-refractivity contribution in [2.24, 2.45) is 0 Å². The lowest BCUT2D eigenvalue weighted by Gasteiger charge is -2.30. The van der Waals surface area contributed by atoms with Crippen molar-refractivity contribution in [3.63, 3.8) is 0 Å². The second kappa shape index (κ2) is 8.10. The van der Waals surface area contributed by atoms with Gasteiger partial charge in [-0.05, 0) is 42.4 Å². The minimum Gasteiger partial charge on any atom is -0.352 e. The van der Waals surface area contributed by atoms with Gasteiger partial charge in [0.15, 0.2) is 0 Å². The Morgan fingerprint density at radius 2 is 2.23 bits per heavy atom. The van der Waals surface area contributed by atoms with E-state index in [0.717, 1.165) is 13.1 Å². The molecule has 0 saturated heterocycles. The lowest BCUT2D eigenvalue weighted by atomic mass is 10.1. The number of rotatable bonds is 8. The van der Waals surface area contributed by atoms with Crippen molar-refractivity contribution in [2.45, 2.75) is 32.9 Å². The molecular weight excluding hydrogens is 296 g/mol. The Morgan fingerprint density at radius 3 is 2.77 bits per heavy atom. The fourth-order valence-electron chi connectivity index (χ4n) is 2.57. The van der Waals surface area contributed by atoms with Crippen LogP contribution in [0.5, 0.6) is 0 Å². The van der Waals surface area contributed by atoms with Crippen molar-refractivity contribution < 1.29 is 4.79 Å². The number of nitrogens with zero attached hydrogens (tertiary/aromatic N) is 3. The Hall–Kier alpha value is -1.66. The standard InChI is InChI=1S/C16H24N4OS/c1-4-19(5-2)15(14-6-9-22-11-14)10-18-16(21)13(3)20-8-7-17-12-20/h6-9,11-13,15H,4-5,10H2,1-3H3,(H,18,21). The highest BCUT2D eigenvalue weighted by Gasteiger charge is 2.21. The van der Waals surface area contributed by atoms with Gasteiger partial charge in [0.05, 0.1) is 12.4 Å². The van der Waals surface area contributed by atoms with Gasteiger partial charge >= 0.3 is 0 Å². The van der Waals surface area contributed by atoms with Crippen LogP contribution in [0.1, 0.15) is 38.4 Å². The molecule has 0 aromatic carbocycles. The molecule has 0 aliphatic carbocycles. The van der Waals surface area contributed by atoms with Crippen LogP contribution in [-0.4, -0.2) is 40.0 Å². The third-order valence-electron chi connectivity index (χ3n) is 4.00. The van der Waals surface area contributed by atoms with E-state index in [1.807, 2.05) is 17.7 Å². The predicted octanol–water partition coefficient (Wildman–Crippen LogP) is 2.70. The van der Waals surface area contributed by atoms with Crippen LogP contribution in [0.25, 0.3) is 0 Å². The van der Waals surface area contributed by atoms with Crippen molar-refractivity contribution in [1.29, 1.82) is 0 Å². The fraction of sp³-hybridized carbons (Fsp3) is 0.500. The minimum absolute atomic E-state index is 0.0189. The molecular formula is C16H24N4OS. The number of aromatic nitrogens is 2. The van der Waals surface area contributed by atoms with Gasteiger partial charge in [-0.1, -0.05) is 13.8 Å². The molecule has 0 spiro atoms. The molecule has 2 aromatic heterocycles. The van der Waals surface area contributed by atoms with E-state index in [0.29, 0.717) is 6.54 Å². The zero-order valence-corrected chi connectivity index (χ0v) is 14.2. The van der Waals surface area contributed by atoms with Crippen molar-refractivity contribution in [1.82, 2.24) is 19.8 Å². The normalized spacial score (nSPS) is 14.0. The van der Waals surface area contributed by atoms with Crippen LogP contribution in [0.4, 0.5) is 0 Å². The number of hydrogen-bond acceptors (Lipinski definition) is 4. The van der Waals surface area contributed by atoms with E-state index in [2.05, 4.69) is 45.9 Å². The maximum Gasteiger partial charge on any atom is 0.242 e. The Kier molecular flexibility index (Phi) is 6.15. The van der Waals surface area contributed by atoms with Gasteiger partial charge in [-0.25, -0.2) is 4.98 Å². The topological polar surface area (TPSA) is 50.2 Å². The van der Waals surface area contributed by atoms with Gasteiger partial charge in [0.1, 0.15) is 6.04 Å². The van der Waals surface area contributed by atoms with Gasteiger partial charge in [0, 0.05) is 18.9 Å². The molecule has 2 atom stereocenters. The Balaban J connectivity index is 2.00.